The average molecular weight is 385 g/mol. The number of aliphatic imine (C=N–C) groups is 1. The van der Waals surface area contributed by atoms with Crippen molar-refractivity contribution in [2.45, 2.75) is 24.2 Å². The summed E-state index contributed by atoms with van der Waals surface area (Å²) in [7, 11) is 4.00. The van der Waals surface area contributed by atoms with E-state index >= 15 is 0 Å². The molecule has 0 saturated heterocycles. The molecule has 0 aliphatic carbocycles. The molecule has 0 bridgehead atoms. The number of nitrogens with zero attached hydrogens (tertiary/aromatic N) is 4. The molecule has 0 unspecified atom stereocenters. The van der Waals surface area contributed by atoms with Crippen LogP contribution in [-0.4, -0.2) is 48.9 Å². The third-order valence-electron chi connectivity index (χ3n) is 2.91. The Hall–Kier alpha value is -1.32. The molecule has 24 heavy (non-hydrogen) atoms. The number of hydrogen-bond donors (Lipinski definition) is 2. The van der Waals surface area contributed by atoms with E-state index in [1.54, 1.807) is 34.4 Å². The molecule has 2 heterocycles. The highest BCUT2D eigenvalue weighted by atomic mass is 32.2. The van der Waals surface area contributed by atoms with Crippen molar-refractivity contribution in [3.8, 4) is 0 Å². The van der Waals surface area contributed by atoms with Crippen LogP contribution < -0.4 is 15.5 Å². The van der Waals surface area contributed by atoms with Crippen LogP contribution in [0, 0.1) is 0 Å². The number of thioether (sulfide) groups is 1. The van der Waals surface area contributed by atoms with Gasteiger partial charge in [-0.1, -0.05) is 11.8 Å². The van der Waals surface area contributed by atoms with Gasteiger partial charge >= 0.3 is 0 Å². The number of thiazole rings is 2. The molecule has 0 aliphatic rings. The first-order valence-corrected chi connectivity index (χ1v) is 10.6. The molecule has 0 radical (unpaired) electrons. The number of guanidine groups is 1. The lowest BCUT2D eigenvalue weighted by molar-refractivity contribution is 0.787. The van der Waals surface area contributed by atoms with Crippen molar-refractivity contribution in [1.82, 2.24) is 20.6 Å². The summed E-state index contributed by atoms with van der Waals surface area (Å²) in [6.45, 7) is 4.40. The van der Waals surface area contributed by atoms with Crippen LogP contribution >= 0.6 is 34.4 Å². The first-order valence-electron chi connectivity index (χ1n) is 7.85. The third kappa shape index (κ3) is 6.66. The summed E-state index contributed by atoms with van der Waals surface area (Å²) >= 11 is 5.14. The van der Waals surface area contributed by atoms with E-state index in [2.05, 4.69) is 37.9 Å². The van der Waals surface area contributed by atoms with E-state index in [0.29, 0.717) is 6.54 Å². The largest absolute Gasteiger partial charge is 0.357 e. The van der Waals surface area contributed by atoms with Crippen molar-refractivity contribution < 1.29 is 0 Å². The second kappa shape index (κ2) is 10.5. The van der Waals surface area contributed by atoms with E-state index in [-0.39, 0.29) is 0 Å². The summed E-state index contributed by atoms with van der Waals surface area (Å²) < 4.78 is 1.14. The van der Waals surface area contributed by atoms with Crippen molar-refractivity contribution in [3.63, 3.8) is 0 Å². The fourth-order valence-electron chi connectivity index (χ4n) is 1.80. The molecule has 0 amide bonds. The molecule has 2 rings (SSSR count). The quantitative estimate of drug-likeness (QED) is 0.300. The molecule has 0 fully saturated rings. The van der Waals surface area contributed by atoms with E-state index in [1.165, 1.54) is 0 Å². The molecule has 9 heteroatoms. The Kier molecular flexibility index (Phi) is 8.34. The standard InChI is InChI=1S/C15H24N6S3/c1-4-16-13(17-6-5-8-22-15-18-7-9-23-15)19-10-12-11-24-14(20-12)21(2)3/h7,9,11H,4-6,8,10H2,1-3H3,(H2,16,17,19). The molecule has 2 aromatic rings. The predicted octanol–water partition coefficient (Wildman–Crippen LogP) is 2.90. The lowest BCUT2D eigenvalue weighted by Gasteiger charge is -2.10. The minimum Gasteiger partial charge on any atom is -0.357 e. The van der Waals surface area contributed by atoms with Gasteiger partial charge < -0.3 is 15.5 Å². The molecular weight excluding hydrogens is 360 g/mol. The second-order valence-corrected chi connectivity index (χ2v) is 8.21. The molecule has 2 N–H and O–H groups in total. The van der Waals surface area contributed by atoms with E-state index in [1.807, 2.05) is 30.6 Å². The first kappa shape index (κ1) is 19.0. The number of nitrogens with one attached hydrogen (secondary N) is 2. The number of hydrogen-bond acceptors (Lipinski definition) is 7. The second-order valence-electron chi connectivity index (χ2n) is 5.14. The molecule has 0 atom stereocenters. The van der Waals surface area contributed by atoms with E-state index in [0.717, 1.165) is 46.4 Å². The first-order chi connectivity index (χ1) is 11.7. The van der Waals surface area contributed by atoms with Crippen molar-refractivity contribution in [2.75, 3.05) is 37.8 Å². The van der Waals surface area contributed by atoms with Gasteiger partial charge in [0.2, 0.25) is 0 Å². The SMILES string of the molecule is CCNC(=NCc1csc(N(C)C)n1)NCCCSc1nccs1. The minimum absolute atomic E-state index is 0.591. The van der Waals surface area contributed by atoms with Crippen LogP contribution in [-0.2, 0) is 6.54 Å². The number of anilines is 1. The van der Waals surface area contributed by atoms with Gasteiger partial charge in [-0.15, -0.1) is 22.7 Å². The molecule has 2 aromatic heterocycles. The highest BCUT2D eigenvalue weighted by Crippen LogP contribution is 2.20. The molecular formula is C15H24N6S3. The molecule has 132 valence electrons. The average Bonchev–Trinajstić information content (AvgIpc) is 3.23. The zero-order valence-corrected chi connectivity index (χ0v) is 16.7. The lowest BCUT2D eigenvalue weighted by Crippen LogP contribution is -2.37. The lowest BCUT2D eigenvalue weighted by atomic mass is 10.5. The van der Waals surface area contributed by atoms with Gasteiger partial charge in [0, 0.05) is 49.9 Å². The fraction of sp³-hybridized carbons (Fsp3) is 0.533. The van der Waals surface area contributed by atoms with E-state index in [4.69, 9.17) is 0 Å². The van der Waals surface area contributed by atoms with Crippen LogP contribution in [0.2, 0.25) is 0 Å². The van der Waals surface area contributed by atoms with Crippen LogP contribution in [0.3, 0.4) is 0 Å². The molecule has 0 spiro atoms. The monoisotopic (exact) mass is 384 g/mol. The van der Waals surface area contributed by atoms with Crippen molar-refractivity contribution >= 4 is 45.5 Å². The molecule has 0 saturated carbocycles. The number of rotatable bonds is 9. The van der Waals surface area contributed by atoms with Crippen LogP contribution in [0.5, 0.6) is 0 Å². The predicted molar refractivity (Wildman–Crippen MR) is 107 cm³/mol. The summed E-state index contributed by atoms with van der Waals surface area (Å²) in [4.78, 5) is 15.4. The summed E-state index contributed by atoms with van der Waals surface area (Å²) in [5.74, 6) is 1.90. The summed E-state index contributed by atoms with van der Waals surface area (Å²) in [6.07, 6.45) is 2.91. The van der Waals surface area contributed by atoms with Gasteiger partial charge in [0.1, 0.15) is 4.34 Å². The third-order valence-corrected chi connectivity index (χ3v) is 6.02. The Balaban J connectivity index is 1.73. The molecule has 6 nitrogen and oxygen atoms in total. The number of aromatic nitrogens is 2. The Morgan fingerprint density at radius 3 is 2.88 bits per heavy atom. The fourth-order valence-corrected chi connectivity index (χ4v) is 4.19. The van der Waals surface area contributed by atoms with Crippen LogP contribution in [0.4, 0.5) is 5.13 Å². The minimum atomic E-state index is 0.591. The topological polar surface area (TPSA) is 65.4 Å². The highest BCUT2D eigenvalue weighted by molar-refractivity contribution is 8.00. The van der Waals surface area contributed by atoms with Gasteiger partial charge in [0.15, 0.2) is 11.1 Å². The Morgan fingerprint density at radius 2 is 2.21 bits per heavy atom. The highest BCUT2D eigenvalue weighted by Gasteiger charge is 2.04. The maximum absolute atomic E-state index is 4.61. The molecule has 0 aliphatic heterocycles. The normalized spacial score (nSPS) is 11.5. The van der Waals surface area contributed by atoms with Gasteiger partial charge in [0.05, 0.1) is 12.2 Å². The van der Waals surface area contributed by atoms with E-state index < -0.39 is 0 Å². The van der Waals surface area contributed by atoms with Crippen LogP contribution in [0.1, 0.15) is 19.0 Å². The van der Waals surface area contributed by atoms with Gasteiger partial charge in [-0.2, -0.15) is 0 Å². The van der Waals surface area contributed by atoms with Gasteiger partial charge in [0.25, 0.3) is 0 Å². The smallest absolute Gasteiger partial charge is 0.191 e. The Labute approximate surface area is 155 Å². The summed E-state index contributed by atoms with van der Waals surface area (Å²) in [5, 5.41) is 11.7. The maximum atomic E-state index is 4.61. The van der Waals surface area contributed by atoms with Crippen LogP contribution in [0.25, 0.3) is 0 Å². The summed E-state index contributed by atoms with van der Waals surface area (Å²) in [6, 6.07) is 0. The van der Waals surface area contributed by atoms with Gasteiger partial charge in [-0.3, -0.25) is 0 Å². The van der Waals surface area contributed by atoms with E-state index in [9.17, 15) is 0 Å². The summed E-state index contributed by atoms with van der Waals surface area (Å²) in [5.41, 5.74) is 1.00. The Bertz CT molecular complexity index is 609. The molecule has 0 aromatic carbocycles. The Morgan fingerprint density at radius 1 is 1.33 bits per heavy atom. The zero-order valence-electron chi connectivity index (χ0n) is 14.3. The maximum Gasteiger partial charge on any atom is 0.191 e. The van der Waals surface area contributed by atoms with Crippen LogP contribution in [0.15, 0.2) is 26.3 Å². The van der Waals surface area contributed by atoms with Gasteiger partial charge in [-0.25, -0.2) is 15.0 Å². The van der Waals surface area contributed by atoms with Crippen molar-refractivity contribution in [3.05, 3.63) is 22.7 Å². The van der Waals surface area contributed by atoms with Crippen molar-refractivity contribution in [2.24, 2.45) is 4.99 Å². The van der Waals surface area contributed by atoms with Crippen molar-refractivity contribution in [1.29, 1.82) is 0 Å². The zero-order chi connectivity index (χ0) is 17.2. The van der Waals surface area contributed by atoms with Gasteiger partial charge in [-0.05, 0) is 13.3 Å².